The number of thiol groups is 1. The zero-order chi connectivity index (χ0) is 27.1. The number of hydrogen-bond donors (Lipinski definition) is 3. The Kier molecular flexibility index (Phi) is 23.8. The normalized spacial score (nSPS) is 16.0. The molecule has 0 saturated heterocycles. The van der Waals surface area contributed by atoms with Crippen molar-refractivity contribution < 1.29 is 29.0 Å². The molecule has 0 spiro atoms. The van der Waals surface area contributed by atoms with Gasteiger partial charge in [0.25, 0.3) is 0 Å². The topological polar surface area (TPSA) is 93.1 Å². The summed E-state index contributed by atoms with van der Waals surface area (Å²) < 4.78 is 22.5. The molecule has 0 heterocycles. The zero-order valence-electron chi connectivity index (χ0n) is 23.3. The lowest BCUT2D eigenvalue weighted by atomic mass is 9.91. The molecule has 0 amide bonds. The second-order valence-electron chi connectivity index (χ2n) is 10.3. The summed E-state index contributed by atoms with van der Waals surface area (Å²) in [5.74, 6) is -1.02. The van der Waals surface area contributed by atoms with Crippen molar-refractivity contribution in [2.75, 3.05) is 6.61 Å². The minimum absolute atomic E-state index is 0.328. The van der Waals surface area contributed by atoms with Gasteiger partial charge < -0.3 is 19.7 Å². The Morgan fingerprint density at radius 1 is 0.833 bits per heavy atom. The first kappa shape index (κ1) is 35.8. The van der Waals surface area contributed by atoms with Gasteiger partial charge in [0, 0.05) is 0 Å². The lowest BCUT2D eigenvalue weighted by Crippen LogP contribution is -2.39. The Hall–Kier alpha value is -0.200. The van der Waals surface area contributed by atoms with Gasteiger partial charge in [-0.1, -0.05) is 134 Å². The molecule has 0 saturated carbocycles. The van der Waals surface area contributed by atoms with E-state index in [1.807, 2.05) is 6.92 Å². The van der Waals surface area contributed by atoms with Crippen molar-refractivity contribution in [3.63, 3.8) is 0 Å². The maximum Gasteiger partial charge on any atom is 0.390 e. The van der Waals surface area contributed by atoms with E-state index in [0.29, 0.717) is 12.3 Å². The van der Waals surface area contributed by atoms with Crippen LogP contribution in [0.5, 0.6) is 0 Å². The van der Waals surface area contributed by atoms with Crippen molar-refractivity contribution in [2.24, 2.45) is 5.92 Å². The highest BCUT2D eigenvalue weighted by atomic mass is 32.1. The third kappa shape index (κ3) is 19.0. The van der Waals surface area contributed by atoms with Crippen LogP contribution in [0.3, 0.4) is 0 Å². The number of aliphatic hydroxyl groups is 1. The van der Waals surface area contributed by atoms with E-state index in [-0.39, 0.29) is 5.44 Å². The van der Waals surface area contributed by atoms with Gasteiger partial charge in [-0.15, -0.1) is 12.6 Å². The van der Waals surface area contributed by atoms with Crippen molar-refractivity contribution in [3.05, 3.63) is 0 Å². The number of carboxylic acid groups (broad SMARTS) is 1. The second-order valence-corrected chi connectivity index (χ2v) is 11.9. The smallest absolute Gasteiger partial charge is 0.390 e. The molecular weight excluding hydrogens is 495 g/mol. The monoisotopic (exact) mass is 551 g/mol. The van der Waals surface area contributed by atoms with E-state index in [2.05, 4.69) is 26.5 Å². The van der Waals surface area contributed by atoms with Crippen LogP contribution in [0.1, 0.15) is 143 Å². The van der Waals surface area contributed by atoms with Crippen LogP contribution in [0.4, 0.5) is 0 Å². The number of aliphatic carboxylic acids is 1. The Bertz CT molecular complexity index is 538. The van der Waals surface area contributed by atoms with Crippen LogP contribution in [0.15, 0.2) is 0 Å². The Morgan fingerprint density at radius 2 is 1.28 bits per heavy atom. The van der Waals surface area contributed by atoms with Gasteiger partial charge in [0.05, 0.1) is 0 Å². The molecular formula is C28H56O6PS+. The molecule has 214 valence electrons. The van der Waals surface area contributed by atoms with Crippen molar-refractivity contribution in [2.45, 2.75) is 160 Å². The first-order chi connectivity index (χ1) is 17.3. The second kappa shape index (κ2) is 23.9. The van der Waals surface area contributed by atoms with Crippen LogP contribution in [-0.4, -0.2) is 39.9 Å². The third-order valence-electron chi connectivity index (χ3n) is 6.86. The fourth-order valence-electron chi connectivity index (χ4n) is 4.45. The van der Waals surface area contributed by atoms with Crippen LogP contribution in [-0.2, 0) is 18.8 Å². The molecule has 8 heteroatoms. The van der Waals surface area contributed by atoms with Crippen LogP contribution in [0.25, 0.3) is 0 Å². The van der Waals surface area contributed by atoms with Crippen molar-refractivity contribution >= 4 is 27.1 Å². The lowest BCUT2D eigenvalue weighted by molar-refractivity contribution is -0.183. The van der Waals surface area contributed by atoms with Crippen LogP contribution >= 0.6 is 21.1 Å². The average Bonchev–Trinajstić information content (AvgIpc) is 2.86. The van der Waals surface area contributed by atoms with Crippen LogP contribution < -0.4 is 0 Å². The molecule has 0 aliphatic carbocycles. The summed E-state index contributed by atoms with van der Waals surface area (Å²) in [7, 11) is -1.42. The van der Waals surface area contributed by atoms with Crippen LogP contribution in [0.2, 0.25) is 0 Å². The van der Waals surface area contributed by atoms with Crippen molar-refractivity contribution in [1.82, 2.24) is 0 Å². The molecule has 2 N–H and O–H groups in total. The first-order valence-corrected chi connectivity index (χ1v) is 16.1. The molecule has 5 atom stereocenters. The SMILES string of the molecule is CCCCCCCCCCCC(CCCCCCCC)CC(S)OC(CC)OCC(O)([PH+]=O)C(=O)O. The van der Waals surface area contributed by atoms with E-state index in [4.69, 9.17) is 14.6 Å². The molecule has 0 radical (unpaired) electrons. The van der Waals surface area contributed by atoms with Crippen molar-refractivity contribution in [1.29, 1.82) is 0 Å². The zero-order valence-corrected chi connectivity index (χ0v) is 25.2. The molecule has 0 rings (SSSR count). The van der Waals surface area contributed by atoms with Gasteiger partial charge >= 0.3 is 19.8 Å². The Labute approximate surface area is 228 Å². The molecule has 0 aliphatic rings. The summed E-state index contributed by atoms with van der Waals surface area (Å²) in [6, 6.07) is 0. The number of hydrogen-bond acceptors (Lipinski definition) is 6. The highest BCUT2D eigenvalue weighted by Gasteiger charge is 2.47. The number of ether oxygens (including phenoxy) is 2. The standard InChI is InChI=1S/C28H55O6PS/c1-4-7-9-11-13-14-15-17-19-21-24(20-18-16-12-10-8-5-2)22-26(36)34-25(6-3)33-23-28(31,35-32)27(29)30/h24-26,31,36H,4-23H2,1-3H3,(H,29,30)/p+1. The number of carboxylic acids is 1. The van der Waals surface area contributed by atoms with E-state index in [1.54, 1.807) is 0 Å². The molecule has 6 nitrogen and oxygen atoms in total. The molecule has 0 aromatic carbocycles. The molecule has 36 heavy (non-hydrogen) atoms. The minimum Gasteiger partial charge on any atom is -0.476 e. The molecule has 0 bridgehead atoms. The van der Waals surface area contributed by atoms with E-state index in [9.17, 15) is 14.5 Å². The fraction of sp³-hybridized carbons (Fsp3) is 0.964. The largest absolute Gasteiger partial charge is 0.476 e. The van der Waals surface area contributed by atoms with Crippen molar-refractivity contribution in [3.8, 4) is 0 Å². The van der Waals surface area contributed by atoms with E-state index < -0.39 is 32.7 Å². The predicted molar refractivity (Wildman–Crippen MR) is 153 cm³/mol. The summed E-state index contributed by atoms with van der Waals surface area (Å²) >= 11 is 4.66. The summed E-state index contributed by atoms with van der Waals surface area (Å²) in [5.41, 5.74) is -0.328. The van der Waals surface area contributed by atoms with Gasteiger partial charge in [0.15, 0.2) is 6.29 Å². The summed E-state index contributed by atoms with van der Waals surface area (Å²) in [6.45, 7) is 5.78. The van der Waals surface area contributed by atoms with Gasteiger partial charge in [-0.05, 0) is 18.8 Å². The quantitative estimate of drug-likeness (QED) is 0.0410. The third-order valence-corrected chi connectivity index (χ3v) is 7.89. The molecule has 0 fully saturated rings. The first-order valence-electron chi connectivity index (χ1n) is 14.6. The highest BCUT2D eigenvalue weighted by Crippen LogP contribution is 2.27. The average molecular weight is 552 g/mol. The maximum atomic E-state index is 11.2. The van der Waals surface area contributed by atoms with Crippen LogP contribution in [0, 0.1) is 5.92 Å². The maximum absolute atomic E-state index is 11.2. The molecule has 0 aromatic heterocycles. The molecule has 5 unspecified atom stereocenters. The summed E-state index contributed by atoms with van der Waals surface area (Å²) in [6.07, 6.45) is 22.6. The number of rotatable bonds is 27. The van der Waals surface area contributed by atoms with E-state index in [0.717, 1.165) is 6.42 Å². The number of carbonyl (C=O) groups is 1. The van der Waals surface area contributed by atoms with Gasteiger partial charge in [0.1, 0.15) is 12.0 Å². The van der Waals surface area contributed by atoms with E-state index >= 15 is 0 Å². The van der Waals surface area contributed by atoms with E-state index in [1.165, 1.54) is 109 Å². The molecule has 0 aromatic rings. The summed E-state index contributed by atoms with van der Waals surface area (Å²) in [5, 5.41) is 16.6. The Balaban J connectivity index is 4.54. The number of unbranched alkanes of at least 4 members (excludes halogenated alkanes) is 13. The lowest BCUT2D eigenvalue weighted by Gasteiger charge is -2.25. The minimum atomic E-state index is -2.40. The Morgan fingerprint density at radius 3 is 1.67 bits per heavy atom. The van der Waals surface area contributed by atoms with Gasteiger partial charge in [-0.25, -0.2) is 4.79 Å². The van der Waals surface area contributed by atoms with Gasteiger partial charge in [-0.2, -0.15) is 0 Å². The predicted octanol–water partition coefficient (Wildman–Crippen LogP) is 8.49. The highest BCUT2D eigenvalue weighted by molar-refractivity contribution is 7.80. The van der Waals surface area contributed by atoms with Gasteiger partial charge in [-0.3, -0.25) is 0 Å². The fourth-order valence-corrected chi connectivity index (χ4v) is 5.12. The molecule has 0 aliphatic heterocycles. The van der Waals surface area contributed by atoms with Gasteiger partial charge in [0.2, 0.25) is 0 Å². The summed E-state index contributed by atoms with van der Waals surface area (Å²) in [4.78, 5) is 11.2.